The average molecular weight is 429 g/mol. The van der Waals surface area contributed by atoms with E-state index in [9.17, 15) is 9.59 Å². The number of amides is 2. The Labute approximate surface area is 183 Å². The number of rotatable bonds is 8. The van der Waals surface area contributed by atoms with Crippen LogP contribution >= 0.6 is 11.6 Å². The third-order valence-electron chi connectivity index (χ3n) is 5.23. The van der Waals surface area contributed by atoms with E-state index in [4.69, 9.17) is 11.6 Å². The summed E-state index contributed by atoms with van der Waals surface area (Å²) in [5.41, 5.74) is 3.09. The molecule has 0 atom stereocenters. The van der Waals surface area contributed by atoms with Crippen molar-refractivity contribution in [3.05, 3.63) is 64.7 Å². The van der Waals surface area contributed by atoms with Gasteiger partial charge in [-0.1, -0.05) is 23.7 Å². The summed E-state index contributed by atoms with van der Waals surface area (Å²) in [7, 11) is 0. The number of nitrogens with zero attached hydrogens (tertiary/aromatic N) is 2. The van der Waals surface area contributed by atoms with E-state index in [0.717, 1.165) is 32.7 Å². The van der Waals surface area contributed by atoms with Gasteiger partial charge >= 0.3 is 0 Å². The Morgan fingerprint density at radius 2 is 1.70 bits per heavy atom. The first kappa shape index (κ1) is 22.1. The van der Waals surface area contributed by atoms with Crippen molar-refractivity contribution in [1.29, 1.82) is 0 Å². The molecule has 0 saturated carbocycles. The minimum atomic E-state index is -0.203. The number of carbonyl (C=O) groups excluding carboxylic acids is 2. The van der Waals surface area contributed by atoms with Crippen LogP contribution in [0, 0.1) is 6.92 Å². The molecular weight excluding hydrogens is 400 g/mol. The van der Waals surface area contributed by atoms with Gasteiger partial charge in [0.15, 0.2) is 0 Å². The first-order chi connectivity index (χ1) is 14.5. The van der Waals surface area contributed by atoms with Crippen LogP contribution in [0.3, 0.4) is 0 Å². The summed E-state index contributed by atoms with van der Waals surface area (Å²) in [6, 6.07) is 15.3. The van der Waals surface area contributed by atoms with Crippen molar-refractivity contribution in [3.8, 4) is 0 Å². The average Bonchev–Trinajstić information content (AvgIpc) is 2.74. The van der Waals surface area contributed by atoms with Gasteiger partial charge in [-0.2, -0.15) is 0 Å². The number of hydrogen-bond acceptors (Lipinski definition) is 4. The Balaban J connectivity index is 1.28. The molecule has 1 aliphatic heterocycles. The molecule has 1 saturated heterocycles. The number of halogens is 1. The molecule has 0 unspecified atom stereocenters. The zero-order valence-corrected chi connectivity index (χ0v) is 18.1. The van der Waals surface area contributed by atoms with Gasteiger partial charge in [0.25, 0.3) is 5.91 Å². The summed E-state index contributed by atoms with van der Waals surface area (Å²) >= 11 is 5.82. The molecule has 7 heteroatoms. The number of benzene rings is 2. The zero-order chi connectivity index (χ0) is 21.3. The molecular formula is C23H29ClN4O2. The van der Waals surface area contributed by atoms with Gasteiger partial charge in [0.05, 0.1) is 0 Å². The molecule has 1 heterocycles. The number of piperazine rings is 1. The lowest BCUT2D eigenvalue weighted by Gasteiger charge is -2.36. The fourth-order valence-corrected chi connectivity index (χ4v) is 3.62. The van der Waals surface area contributed by atoms with Crippen LogP contribution in [0.15, 0.2) is 48.5 Å². The second-order valence-corrected chi connectivity index (χ2v) is 7.97. The molecule has 0 bridgehead atoms. The van der Waals surface area contributed by atoms with Gasteiger partial charge in [-0.3, -0.25) is 14.5 Å². The quantitative estimate of drug-likeness (QED) is 0.678. The molecule has 0 aromatic heterocycles. The Bertz CT molecular complexity index is 849. The standard InChI is InChI=1S/C23H29ClN4O2/c1-18-3-2-4-21(17-18)28-15-13-27(14-16-28)12-11-25-22(29)9-10-26-23(30)19-5-7-20(24)8-6-19/h2-8,17H,9-16H2,1H3,(H,25,29)(H,26,30). The van der Waals surface area contributed by atoms with Gasteiger partial charge in [-0.15, -0.1) is 0 Å². The molecule has 2 amide bonds. The Morgan fingerprint density at radius 1 is 0.967 bits per heavy atom. The normalized spacial score (nSPS) is 14.4. The first-order valence-corrected chi connectivity index (χ1v) is 10.7. The van der Waals surface area contributed by atoms with Crippen molar-refractivity contribution < 1.29 is 9.59 Å². The van der Waals surface area contributed by atoms with E-state index in [-0.39, 0.29) is 18.2 Å². The molecule has 160 valence electrons. The third kappa shape index (κ3) is 6.75. The van der Waals surface area contributed by atoms with E-state index in [0.29, 0.717) is 23.7 Å². The second-order valence-electron chi connectivity index (χ2n) is 7.53. The van der Waals surface area contributed by atoms with Crippen LogP contribution in [0.25, 0.3) is 0 Å². The predicted molar refractivity (Wildman–Crippen MR) is 121 cm³/mol. The van der Waals surface area contributed by atoms with Crippen LogP contribution in [0.1, 0.15) is 22.3 Å². The molecule has 1 aliphatic rings. The van der Waals surface area contributed by atoms with Crippen LogP contribution in [0.5, 0.6) is 0 Å². The van der Waals surface area contributed by atoms with Crippen molar-refractivity contribution in [2.45, 2.75) is 13.3 Å². The van der Waals surface area contributed by atoms with Gasteiger partial charge in [0, 0.05) is 68.5 Å². The summed E-state index contributed by atoms with van der Waals surface area (Å²) in [5, 5.41) is 6.28. The Hall–Kier alpha value is -2.57. The third-order valence-corrected chi connectivity index (χ3v) is 5.49. The number of anilines is 1. The van der Waals surface area contributed by atoms with Crippen molar-refractivity contribution in [2.75, 3.05) is 50.7 Å². The molecule has 0 spiro atoms. The highest BCUT2D eigenvalue weighted by molar-refractivity contribution is 6.30. The van der Waals surface area contributed by atoms with Crippen molar-refractivity contribution in [1.82, 2.24) is 15.5 Å². The van der Waals surface area contributed by atoms with Crippen LogP contribution in [-0.4, -0.2) is 62.5 Å². The predicted octanol–water partition coefficient (Wildman–Crippen LogP) is 2.71. The highest BCUT2D eigenvalue weighted by Crippen LogP contribution is 2.17. The van der Waals surface area contributed by atoms with Crippen LogP contribution < -0.4 is 15.5 Å². The molecule has 2 aromatic carbocycles. The summed E-state index contributed by atoms with van der Waals surface area (Å²) < 4.78 is 0. The number of hydrogen-bond donors (Lipinski definition) is 2. The molecule has 1 fully saturated rings. The lowest BCUT2D eigenvalue weighted by atomic mass is 10.2. The maximum absolute atomic E-state index is 12.0. The van der Waals surface area contributed by atoms with E-state index in [1.165, 1.54) is 11.3 Å². The molecule has 6 nitrogen and oxygen atoms in total. The summed E-state index contributed by atoms with van der Waals surface area (Å²) in [6.07, 6.45) is 0.264. The molecule has 2 N–H and O–H groups in total. The van der Waals surface area contributed by atoms with Crippen LogP contribution in [0.4, 0.5) is 5.69 Å². The molecule has 3 rings (SSSR count). The SMILES string of the molecule is Cc1cccc(N2CCN(CCNC(=O)CCNC(=O)c3ccc(Cl)cc3)CC2)c1. The first-order valence-electron chi connectivity index (χ1n) is 10.4. The minimum absolute atomic E-state index is 0.0511. The zero-order valence-electron chi connectivity index (χ0n) is 17.4. The van der Waals surface area contributed by atoms with E-state index in [2.05, 4.69) is 51.6 Å². The van der Waals surface area contributed by atoms with Gasteiger partial charge < -0.3 is 15.5 Å². The number of aryl methyl sites for hydroxylation is 1. The number of carbonyl (C=O) groups is 2. The summed E-state index contributed by atoms with van der Waals surface area (Å²) in [6.45, 7) is 7.84. The molecule has 0 aliphatic carbocycles. The maximum Gasteiger partial charge on any atom is 0.251 e. The topological polar surface area (TPSA) is 64.7 Å². The molecule has 30 heavy (non-hydrogen) atoms. The monoisotopic (exact) mass is 428 g/mol. The summed E-state index contributed by atoms with van der Waals surface area (Å²) in [5.74, 6) is -0.254. The largest absolute Gasteiger partial charge is 0.369 e. The van der Waals surface area contributed by atoms with Crippen LogP contribution in [0.2, 0.25) is 5.02 Å². The maximum atomic E-state index is 12.0. The smallest absolute Gasteiger partial charge is 0.251 e. The lowest BCUT2D eigenvalue weighted by molar-refractivity contribution is -0.121. The van der Waals surface area contributed by atoms with E-state index >= 15 is 0 Å². The summed E-state index contributed by atoms with van der Waals surface area (Å²) in [4.78, 5) is 28.8. The van der Waals surface area contributed by atoms with Crippen molar-refractivity contribution in [2.24, 2.45) is 0 Å². The molecule has 0 radical (unpaired) electrons. The Morgan fingerprint density at radius 3 is 2.40 bits per heavy atom. The van der Waals surface area contributed by atoms with Gasteiger partial charge in [-0.25, -0.2) is 0 Å². The van der Waals surface area contributed by atoms with E-state index in [1.54, 1.807) is 24.3 Å². The highest BCUT2D eigenvalue weighted by atomic mass is 35.5. The van der Waals surface area contributed by atoms with Crippen LogP contribution in [-0.2, 0) is 4.79 Å². The van der Waals surface area contributed by atoms with Gasteiger partial charge in [0.1, 0.15) is 0 Å². The highest BCUT2D eigenvalue weighted by Gasteiger charge is 2.17. The fourth-order valence-electron chi connectivity index (χ4n) is 3.49. The number of nitrogens with one attached hydrogen (secondary N) is 2. The van der Waals surface area contributed by atoms with Gasteiger partial charge in [-0.05, 0) is 48.9 Å². The second kappa shape index (κ2) is 11.0. The Kier molecular flexibility index (Phi) is 8.11. The van der Waals surface area contributed by atoms with Gasteiger partial charge in [0.2, 0.25) is 5.91 Å². The lowest BCUT2D eigenvalue weighted by Crippen LogP contribution is -2.48. The minimum Gasteiger partial charge on any atom is -0.369 e. The van der Waals surface area contributed by atoms with E-state index in [1.807, 2.05) is 0 Å². The van der Waals surface area contributed by atoms with Crippen molar-refractivity contribution in [3.63, 3.8) is 0 Å². The molecule has 2 aromatic rings. The fraction of sp³-hybridized carbons (Fsp3) is 0.391. The van der Waals surface area contributed by atoms with E-state index < -0.39 is 0 Å². The van der Waals surface area contributed by atoms with Crippen molar-refractivity contribution >= 4 is 29.1 Å².